The van der Waals surface area contributed by atoms with E-state index in [1.54, 1.807) is 12.4 Å². The Hall–Kier alpha value is -2.40. The van der Waals surface area contributed by atoms with Crippen molar-refractivity contribution >= 4 is 11.6 Å². The van der Waals surface area contributed by atoms with Gasteiger partial charge in [0.05, 0.1) is 11.3 Å². The van der Waals surface area contributed by atoms with Crippen LogP contribution in [0.1, 0.15) is 27.9 Å². The van der Waals surface area contributed by atoms with Crippen LogP contribution in [-0.4, -0.2) is 43.0 Å². The number of benzene rings is 1. The van der Waals surface area contributed by atoms with Gasteiger partial charge < -0.3 is 15.5 Å². The smallest absolute Gasteiger partial charge is 0.253 e. The van der Waals surface area contributed by atoms with Gasteiger partial charge in [-0.05, 0) is 45.6 Å². The summed E-state index contributed by atoms with van der Waals surface area (Å²) in [6.07, 6.45) is 4.37. The van der Waals surface area contributed by atoms with Gasteiger partial charge in [0.25, 0.3) is 5.91 Å². The molecule has 128 valence electrons. The molecule has 1 aromatic heterocycles. The Morgan fingerprint density at radius 2 is 1.92 bits per heavy atom. The van der Waals surface area contributed by atoms with E-state index < -0.39 is 0 Å². The van der Waals surface area contributed by atoms with Crippen molar-refractivity contribution in [3.8, 4) is 0 Å². The van der Waals surface area contributed by atoms with Crippen molar-refractivity contribution in [2.24, 2.45) is 0 Å². The average Bonchev–Trinajstić information content (AvgIpc) is 2.58. The Morgan fingerprint density at radius 3 is 2.62 bits per heavy atom. The monoisotopic (exact) mass is 326 g/mol. The highest BCUT2D eigenvalue weighted by Gasteiger charge is 2.07. The molecule has 0 radical (unpaired) electrons. The molecule has 0 saturated carbocycles. The highest BCUT2D eigenvalue weighted by Crippen LogP contribution is 2.09. The SMILES string of the molecule is Cc1ccc(CNC(=O)c2cncc(NCCCN(C)C)c2)cc1. The fourth-order valence-corrected chi connectivity index (χ4v) is 2.28. The molecule has 5 nitrogen and oxygen atoms in total. The molecule has 0 aliphatic heterocycles. The predicted molar refractivity (Wildman–Crippen MR) is 98.2 cm³/mol. The molecule has 0 aliphatic rings. The van der Waals surface area contributed by atoms with E-state index in [-0.39, 0.29) is 5.91 Å². The standard InChI is InChI=1S/C19H26N4O/c1-15-5-7-16(8-6-15)12-22-19(24)17-11-18(14-20-13-17)21-9-4-10-23(2)3/h5-8,11,13-14,21H,4,9-10,12H2,1-3H3,(H,22,24). The first-order chi connectivity index (χ1) is 11.5. The topological polar surface area (TPSA) is 57.3 Å². The number of carbonyl (C=O) groups excluding carboxylic acids is 1. The molecular formula is C19H26N4O. The van der Waals surface area contributed by atoms with Gasteiger partial charge in [0.2, 0.25) is 0 Å². The third-order valence-electron chi connectivity index (χ3n) is 3.69. The van der Waals surface area contributed by atoms with Crippen molar-refractivity contribution in [3.63, 3.8) is 0 Å². The van der Waals surface area contributed by atoms with E-state index in [1.807, 2.05) is 37.3 Å². The third-order valence-corrected chi connectivity index (χ3v) is 3.69. The van der Waals surface area contributed by atoms with Crippen molar-refractivity contribution in [2.45, 2.75) is 19.9 Å². The van der Waals surface area contributed by atoms with Crippen molar-refractivity contribution in [2.75, 3.05) is 32.5 Å². The number of rotatable bonds is 8. The third kappa shape index (κ3) is 6.01. The second kappa shape index (κ2) is 9.03. The van der Waals surface area contributed by atoms with Crippen LogP contribution in [-0.2, 0) is 6.54 Å². The number of aromatic nitrogens is 1. The van der Waals surface area contributed by atoms with Gasteiger partial charge in [-0.25, -0.2) is 0 Å². The van der Waals surface area contributed by atoms with Crippen LogP contribution < -0.4 is 10.6 Å². The zero-order valence-corrected chi connectivity index (χ0v) is 14.7. The maximum atomic E-state index is 12.3. The van der Waals surface area contributed by atoms with Gasteiger partial charge in [-0.2, -0.15) is 0 Å². The molecule has 0 bridgehead atoms. The minimum atomic E-state index is -0.111. The van der Waals surface area contributed by atoms with Crippen LogP contribution in [0.5, 0.6) is 0 Å². The molecule has 1 aromatic carbocycles. The number of hydrogen-bond acceptors (Lipinski definition) is 4. The van der Waals surface area contributed by atoms with Crippen LogP contribution in [0.25, 0.3) is 0 Å². The van der Waals surface area contributed by atoms with Crippen LogP contribution in [0.3, 0.4) is 0 Å². The molecule has 2 aromatic rings. The van der Waals surface area contributed by atoms with E-state index in [0.29, 0.717) is 12.1 Å². The molecule has 1 amide bonds. The summed E-state index contributed by atoms with van der Waals surface area (Å²) in [6, 6.07) is 9.98. The molecule has 24 heavy (non-hydrogen) atoms. The lowest BCUT2D eigenvalue weighted by Gasteiger charge is -2.11. The number of aryl methyl sites for hydroxylation is 1. The van der Waals surface area contributed by atoms with Crippen molar-refractivity contribution in [1.82, 2.24) is 15.2 Å². The zero-order chi connectivity index (χ0) is 17.4. The summed E-state index contributed by atoms with van der Waals surface area (Å²) >= 11 is 0. The van der Waals surface area contributed by atoms with E-state index >= 15 is 0 Å². The molecule has 0 saturated heterocycles. The molecule has 2 rings (SSSR count). The highest BCUT2D eigenvalue weighted by atomic mass is 16.1. The molecule has 5 heteroatoms. The maximum Gasteiger partial charge on any atom is 0.253 e. The first kappa shape index (κ1) is 17.9. The molecule has 0 atom stereocenters. The average molecular weight is 326 g/mol. The summed E-state index contributed by atoms with van der Waals surface area (Å²) < 4.78 is 0. The van der Waals surface area contributed by atoms with Crippen LogP contribution in [0.15, 0.2) is 42.7 Å². The van der Waals surface area contributed by atoms with E-state index in [9.17, 15) is 4.79 Å². The number of amides is 1. The molecule has 0 unspecified atom stereocenters. The highest BCUT2D eigenvalue weighted by molar-refractivity contribution is 5.94. The van der Waals surface area contributed by atoms with Gasteiger partial charge in [0, 0.05) is 25.5 Å². The minimum absolute atomic E-state index is 0.111. The van der Waals surface area contributed by atoms with Gasteiger partial charge in [-0.3, -0.25) is 9.78 Å². The molecule has 0 aliphatic carbocycles. The fraction of sp³-hybridized carbons (Fsp3) is 0.368. The van der Waals surface area contributed by atoms with Crippen LogP contribution in [0.2, 0.25) is 0 Å². The predicted octanol–water partition coefficient (Wildman–Crippen LogP) is 2.68. The van der Waals surface area contributed by atoms with Gasteiger partial charge in [0.15, 0.2) is 0 Å². The molecular weight excluding hydrogens is 300 g/mol. The Morgan fingerprint density at radius 1 is 1.17 bits per heavy atom. The molecule has 2 N–H and O–H groups in total. The maximum absolute atomic E-state index is 12.3. The quantitative estimate of drug-likeness (QED) is 0.732. The van der Waals surface area contributed by atoms with Gasteiger partial charge in [0.1, 0.15) is 0 Å². The lowest BCUT2D eigenvalue weighted by Crippen LogP contribution is -2.23. The van der Waals surface area contributed by atoms with E-state index in [2.05, 4.69) is 34.6 Å². The summed E-state index contributed by atoms with van der Waals surface area (Å²) in [6.45, 7) is 4.44. The van der Waals surface area contributed by atoms with E-state index in [1.165, 1.54) is 5.56 Å². The van der Waals surface area contributed by atoms with Crippen molar-refractivity contribution in [3.05, 3.63) is 59.4 Å². The Kier molecular flexibility index (Phi) is 6.75. The van der Waals surface area contributed by atoms with E-state index in [0.717, 1.165) is 30.8 Å². The van der Waals surface area contributed by atoms with Gasteiger partial charge in [-0.15, -0.1) is 0 Å². The van der Waals surface area contributed by atoms with Gasteiger partial charge >= 0.3 is 0 Å². The van der Waals surface area contributed by atoms with Crippen LogP contribution in [0.4, 0.5) is 5.69 Å². The summed E-state index contributed by atoms with van der Waals surface area (Å²) in [7, 11) is 4.11. The lowest BCUT2D eigenvalue weighted by atomic mass is 10.1. The number of nitrogens with zero attached hydrogens (tertiary/aromatic N) is 2. The fourth-order valence-electron chi connectivity index (χ4n) is 2.28. The summed E-state index contributed by atoms with van der Waals surface area (Å²) in [4.78, 5) is 18.6. The number of pyridine rings is 1. The van der Waals surface area contributed by atoms with Crippen molar-refractivity contribution in [1.29, 1.82) is 0 Å². The molecule has 0 fully saturated rings. The number of hydrogen-bond donors (Lipinski definition) is 2. The summed E-state index contributed by atoms with van der Waals surface area (Å²) in [5.74, 6) is -0.111. The van der Waals surface area contributed by atoms with E-state index in [4.69, 9.17) is 0 Å². The number of carbonyl (C=O) groups is 1. The zero-order valence-electron chi connectivity index (χ0n) is 14.7. The summed E-state index contributed by atoms with van der Waals surface area (Å²) in [5, 5.41) is 6.24. The Labute approximate surface area is 144 Å². The van der Waals surface area contributed by atoms with Crippen molar-refractivity contribution < 1.29 is 4.79 Å². The number of anilines is 1. The second-order valence-electron chi connectivity index (χ2n) is 6.21. The largest absolute Gasteiger partial charge is 0.384 e. The lowest BCUT2D eigenvalue weighted by molar-refractivity contribution is 0.0950. The Balaban J connectivity index is 1.85. The first-order valence-corrected chi connectivity index (χ1v) is 8.22. The molecule has 1 heterocycles. The van der Waals surface area contributed by atoms with Crippen LogP contribution >= 0.6 is 0 Å². The number of nitrogens with one attached hydrogen (secondary N) is 2. The normalized spacial score (nSPS) is 10.7. The Bertz CT molecular complexity index is 653. The van der Waals surface area contributed by atoms with Gasteiger partial charge in [-0.1, -0.05) is 29.8 Å². The summed E-state index contributed by atoms with van der Waals surface area (Å²) in [5.41, 5.74) is 3.73. The minimum Gasteiger partial charge on any atom is -0.384 e. The van der Waals surface area contributed by atoms with Crippen LogP contribution in [0, 0.1) is 6.92 Å². The first-order valence-electron chi connectivity index (χ1n) is 8.22. The second-order valence-corrected chi connectivity index (χ2v) is 6.21. The molecule has 0 spiro atoms.